The van der Waals surface area contributed by atoms with Crippen LogP contribution in [-0.4, -0.2) is 21.6 Å². The van der Waals surface area contributed by atoms with Crippen molar-refractivity contribution in [2.45, 2.75) is 12.4 Å². The lowest BCUT2D eigenvalue weighted by atomic mass is 10.2. The number of methoxy groups -OCH3 is 1. The first-order chi connectivity index (χ1) is 10.2. The van der Waals surface area contributed by atoms with Crippen molar-refractivity contribution in [1.82, 2.24) is 14.5 Å². The third-order valence-electron chi connectivity index (χ3n) is 3.26. The molecule has 4 nitrogen and oxygen atoms in total. The lowest BCUT2D eigenvalue weighted by Crippen LogP contribution is -2.05. The minimum absolute atomic E-state index is 0.309. The molecule has 0 bridgehead atoms. The summed E-state index contributed by atoms with van der Waals surface area (Å²) in [5.41, 5.74) is 2.53. The van der Waals surface area contributed by atoms with Crippen molar-refractivity contribution >= 4 is 34.4 Å². The van der Waals surface area contributed by atoms with Crippen LogP contribution in [-0.2, 0) is 12.4 Å². The number of nitrogens with zero attached hydrogens (tertiary/aromatic N) is 3. The predicted molar refractivity (Wildman–Crippen MR) is 84.2 cm³/mol. The Bertz CT molecular complexity index is 786. The minimum Gasteiger partial charge on any atom is -0.481 e. The summed E-state index contributed by atoms with van der Waals surface area (Å²) >= 11 is 12.2. The van der Waals surface area contributed by atoms with Gasteiger partial charge in [-0.15, -0.1) is 11.6 Å². The molecular weight excluding hydrogens is 309 g/mol. The van der Waals surface area contributed by atoms with Crippen LogP contribution in [0.5, 0.6) is 5.88 Å². The second-order valence-corrected chi connectivity index (χ2v) is 5.21. The van der Waals surface area contributed by atoms with Crippen molar-refractivity contribution in [2.75, 3.05) is 7.11 Å². The smallest absolute Gasteiger partial charge is 0.215 e. The van der Waals surface area contributed by atoms with Crippen LogP contribution in [0.25, 0.3) is 11.2 Å². The third kappa shape index (κ3) is 2.69. The van der Waals surface area contributed by atoms with Crippen LogP contribution < -0.4 is 4.74 Å². The molecule has 0 saturated carbocycles. The molecule has 3 rings (SSSR count). The van der Waals surface area contributed by atoms with Gasteiger partial charge in [-0.1, -0.05) is 29.8 Å². The molecule has 0 radical (unpaired) electrons. The first-order valence-corrected chi connectivity index (χ1v) is 7.33. The number of halogens is 2. The summed E-state index contributed by atoms with van der Waals surface area (Å²) in [4.78, 5) is 8.97. The summed E-state index contributed by atoms with van der Waals surface area (Å²) in [6.45, 7) is 0.568. The van der Waals surface area contributed by atoms with E-state index in [0.717, 1.165) is 22.6 Å². The third-order valence-corrected chi connectivity index (χ3v) is 3.87. The first kappa shape index (κ1) is 14.2. The Morgan fingerprint density at radius 2 is 1.95 bits per heavy atom. The monoisotopic (exact) mass is 321 g/mol. The number of alkyl halides is 1. The molecule has 0 atom stereocenters. The van der Waals surface area contributed by atoms with Crippen molar-refractivity contribution in [3.05, 3.63) is 52.8 Å². The van der Waals surface area contributed by atoms with Crippen LogP contribution >= 0.6 is 23.2 Å². The number of fused-ring (bicyclic) bond motifs is 1. The molecule has 6 heteroatoms. The van der Waals surface area contributed by atoms with Gasteiger partial charge in [0.1, 0.15) is 11.3 Å². The van der Waals surface area contributed by atoms with Gasteiger partial charge in [-0.25, -0.2) is 4.98 Å². The number of hydrogen-bond acceptors (Lipinski definition) is 3. The normalized spacial score (nSPS) is 11.0. The Kier molecular flexibility index (Phi) is 3.99. The van der Waals surface area contributed by atoms with E-state index in [2.05, 4.69) is 9.97 Å². The topological polar surface area (TPSA) is 39.9 Å². The number of imidazole rings is 1. The Hall–Kier alpha value is -1.78. The highest BCUT2D eigenvalue weighted by atomic mass is 35.5. The van der Waals surface area contributed by atoms with E-state index >= 15 is 0 Å². The van der Waals surface area contributed by atoms with E-state index in [1.807, 2.05) is 34.9 Å². The molecule has 0 N–H and O–H groups in total. The number of hydrogen-bond donors (Lipinski definition) is 0. The molecule has 2 heterocycles. The van der Waals surface area contributed by atoms with E-state index in [1.165, 1.54) is 0 Å². The van der Waals surface area contributed by atoms with Gasteiger partial charge < -0.3 is 9.30 Å². The quantitative estimate of drug-likeness (QED) is 0.684. The summed E-state index contributed by atoms with van der Waals surface area (Å²) in [6.07, 6.45) is 0. The van der Waals surface area contributed by atoms with E-state index in [-0.39, 0.29) is 0 Å². The van der Waals surface area contributed by atoms with Crippen molar-refractivity contribution in [3.8, 4) is 5.88 Å². The van der Waals surface area contributed by atoms with Gasteiger partial charge in [0.05, 0.1) is 19.5 Å². The highest BCUT2D eigenvalue weighted by molar-refractivity contribution is 6.31. The van der Waals surface area contributed by atoms with Crippen molar-refractivity contribution in [2.24, 2.45) is 0 Å². The molecule has 0 saturated heterocycles. The highest BCUT2D eigenvalue weighted by Gasteiger charge is 2.13. The van der Waals surface area contributed by atoms with Gasteiger partial charge in [-0.2, -0.15) is 4.98 Å². The Morgan fingerprint density at radius 1 is 1.14 bits per heavy atom. The van der Waals surface area contributed by atoms with Crippen LogP contribution in [0, 0.1) is 0 Å². The molecule has 108 valence electrons. The lowest BCUT2D eigenvalue weighted by Gasteiger charge is -2.09. The van der Waals surface area contributed by atoms with Gasteiger partial charge in [0.15, 0.2) is 5.65 Å². The Balaban J connectivity index is 2.13. The summed E-state index contributed by atoms with van der Waals surface area (Å²) in [7, 11) is 1.59. The van der Waals surface area contributed by atoms with Gasteiger partial charge in [-0.3, -0.25) is 0 Å². The summed E-state index contributed by atoms with van der Waals surface area (Å²) in [6, 6.07) is 11.4. The van der Waals surface area contributed by atoms with Crippen LogP contribution in [0.3, 0.4) is 0 Å². The predicted octanol–water partition coefficient (Wildman–Crippen LogP) is 3.88. The highest BCUT2D eigenvalue weighted by Crippen LogP contribution is 2.23. The van der Waals surface area contributed by atoms with E-state index < -0.39 is 0 Å². The molecule has 1 aromatic carbocycles. The maximum absolute atomic E-state index is 6.23. The van der Waals surface area contributed by atoms with Gasteiger partial charge in [0.25, 0.3) is 0 Å². The van der Waals surface area contributed by atoms with Crippen LogP contribution in [0.2, 0.25) is 5.02 Å². The Morgan fingerprint density at radius 3 is 2.67 bits per heavy atom. The molecule has 0 aliphatic carbocycles. The zero-order valence-corrected chi connectivity index (χ0v) is 12.9. The summed E-state index contributed by atoms with van der Waals surface area (Å²) in [5, 5.41) is 0.711. The number of pyridine rings is 1. The molecule has 21 heavy (non-hydrogen) atoms. The molecule has 0 spiro atoms. The number of benzene rings is 1. The van der Waals surface area contributed by atoms with E-state index in [0.29, 0.717) is 23.3 Å². The fourth-order valence-electron chi connectivity index (χ4n) is 2.21. The van der Waals surface area contributed by atoms with Crippen LogP contribution in [0.15, 0.2) is 36.4 Å². The van der Waals surface area contributed by atoms with E-state index in [9.17, 15) is 0 Å². The largest absolute Gasteiger partial charge is 0.481 e. The number of ether oxygens (including phenoxy) is 1. The SMILES string of the molecule is COc1ccc2nc(CCl)n(Cc3ccccc3Cl)c2n1. The molecule has 0 fully saturated rings. The second kappa shape index (κ2) is 5.92. The standard InChI is InChI=1S/C15H13Cl2N3O/c1-21-14-7-6-12-15(19-14)20(13(8-16)18-12)9-10-4-2-3-5-11(10)17/h2-7H,8-9H2,1H3. The second-order valence-electron chi connectivity index (χ2n) is 4.54. The summed E-state index contributed by atoms with van der Waals surface area (Å²) in [5.74, 6) is 1.61. The molecular formula is C15H13Cl2N3O. The van der Waals surface area contributed by atoms with E-state index in [4.69, 9.17) is 27.9 Å². The number of aromatic nitrogens is 3. The Labute approximate surface area is 132 Å². The maximum Gasteiger partial charge on any atom is 0.215 e. The van der Waals surface area contributed by atoms with Gasteiger partial charge >= 0.3 is 0 Å². The lowest BCUT2D eigenvalue weighted by molar-refractivity contribution is 0.399. The molecule has 0 aliphatic rings. The first-order valence-electron chi connectivity index (χ1n) is 6.42. The zero-order chi connectivity index (χ0) is 14.8. The zero-order valence-electron chi connectivity index (χ0n) is 11.4. The molecule has 3 aromatic rings. The summed E-state index contributed by atoms with van der Waals surface area (Å²) < 4.78 is 7.15. The molecule has 2 aromatic heterocycles. The molecule has 0 aliphatic heterocycles. The van der Waals surface area contributed by atoms with Crippen LogP contribution in [0.1, 0.15) is 11.4 Å². The molecule has 0 amide bonds. The van der Waals surface area contributed by atoms with Crippen molar-refractivity contribution < 1.29 is 4.74 Å². The minimum atomic E-state index is 0.309. The van der Waals surface area contributed by atoms with Crippen molar-refractivity contribution in [1.29, 1.82) is 0 Å². The maximum atomic E-state index is 6.23. The number of rotatable bonds is 4. The fraction of sp³-hybridized carbons (Fsp3) is 0.200. The molecule has 0 unspecified atom stereocenters. The van der Waals surface area contributed by atoms with Crippen molar-refractivity contribution in [3.63, 3.8) is 0 Å². The van der Waals surface area contributed by atoms with Gasteiger partial charge in [-0.05, 0) is 17.7 Å². The average molecular weight is 322 g/mol. The average Bonchev–Trinajstić information content (AvgIpc) is 2.86. The fourth-order valence-corrected chi connectivity index (χ4v) is 2.61. The van der Waals surface area contributed by atoms with E-state index in [1.54, 1.807) is 13.2 Å². The van der Waals surface area contributed by atoms with Gasteiger partial charge in [0.2, 0.25) is 5.88 Å². The van der Waals surface area contributed by atoms with Gasteiger partial charge in [0, 0.05) is 11.1 Å². The van der Waals surface area contributed by atoms with Crippen LogP contribution in [0.4, 0.5) is 0 Å².